The van der Waals surface area contributed by atoms with Gasteiger partial charge >= 0.3 is 5.97 Å². The molecule has 0 aliphatic rings. The molecule has 0 rings (SSSR count). The maximum Gasteiger partial charge on any atom is 0.328 e. The number of rotatable bonds is 13. The molecule has 0 aromatic heterocycles. The largest absolute Gasteiger partial charge is 0.480 e. The van der Waals surface area contributed by atoms with Gasteiger partial charge in [0.2, 0.25) is 17.7 Å². The van der Waals surface area contributed by atoms with Gasteiger partial charge in [-0.15, -0.1) is 0 Å². The second kappa shape index (κ2) is 13.0. The van der Waals surface area contributed by atoms with Crippen LogP contribution < -0.4 is 27.4 Å². The number of carbonyl (C=O) groups excluding carboxylic acids is 3. The van der Waals surface area contributed by atoms with Crippen LogP contribution in [0, 0.1) is 0 Å². The second-order valence-electron chi connectivity index (χ2n) is 6.42. The van der Waals surface area contributed by atoms with E-state index in [1.165, 1.54) is 13.8 Å². The van der Waals surface area contributed by atoms with Gasteiger partial charge < -0.3 is 42.7 Å². The summed E-state index contributed by atoms with van der Waals surface area (Å²) in [6.07, 6.45) is 0.133. The molecule has 28 heavy (non-hydrogen) atoms. The Morgan fingerprint density at radius 2 is 1.50 bits per heavy atom. The van der Waals surface area contributed by atoms with E-state index in [-0.39, 0.29) is 6.42 Å². The zero-order valence-corrected chi connectivity index (χ0v) is 16.1. The Balaban J connectivity index is 5.00. The smallest absolute Gasteiger partial charge is 0.328 e. The van der Waals surface area contributed by atoms with Crippen LogP contribution in [0.2, 0.25) is 0 Å². The molecular weight excluding hydrogens is 374 g/mol. The summed E-state index contributed by atoms with van der Waals surface area (Å²) in [5, 5.41) is 34.2. The van der Waals surface area contributed by atoms with E-state index in [9.17, 15) is 24.3 Å². The van der Waals surface area contributed by atoms with E-state index in [0.717, 1.165) is 0 Å². The summed E-state index contributed by atoms with van der Waals surface area (Å²) < 4.78 is 0. The average Bonchev–Trinajstić information content (AvgIpc) is 2.63. The molecule has 0 heterocycles. The first-order valence-electron chi connectivity index (χ1n) is 8.93. The molecule has 12 nitrogen and oxygen atoms in total. The van der Waals surface area contributed by atoms with Crippen molar-refractivity contribution in [1.82, 2.24) is 16.0 Å². The van der Waals surface area contributed by atoms with E-state index in [2.05, 4.69) is 16.0 Å². The molecule has 10 N–H and O–H groups in total. The van der Waals surface area contributed by atoms with Gasteiger partial charge in [-0.2, -0.15) is 0 Å². The van der Waals surface area contributed by atoms with E-state index in [1.54, 1.807) is 0 Å². The van der Waals surface area contributed by atoms with Crippen LogP contribution >= 0.6 is 0 Å². The first-order chi connectivity index (χ1) is 13.0. The summed E-state index contributed by atoms with van der Waals surface area (Å²) >= 11 is 0. The summed E-state index contributed by atoms with van der Waals surface area (Å²) in [5.74, 6) is -3.65. The van der Waals surface area contributed by atoms with Crippen LogP contribution in [-0.2, 0) is 19.2 Å². The number of carboxylic acid groups (broad SMARTS) is 1. The predicted molar refractivity (Wildman–Crippen MR) is 98.7 cm³/mol. The van der Waals surface area contributed by atoms with Crippen molar-refractivity contribution in [3.8, 4) is 0 Å². The number of unbranched alkanes of at least 4 members (excludes halogenated alkanes) is 1. The number of amides is 3. The van der Waals surface area contributed by atoms with E-state index < -0.39 is 60.6 Å². The number of hydrogen-bond donors (Lipinski definition) is 8. The monoisotopic (exact) mass is 405 g/mol. The molecule has 12 heteroatoms. The zero-order valence-electron chi connectivity index (χ0n) is 16.1. The number of aliphatic hydroxyl groups excluding tert-OH is 2. The van der Waals surface area contributed by atoms with Crippen LogP contribution in [0.4, 0.5) is 0 Å². The van der Waals surface area contributed by atoms with Gasteiger partial charge in [0.15, 0.2) is 0 Å². The molecule has 0 aliphatic heterocycles. The Labute approximate surface area is 163 Å². The number of nitrogens with one attached hydrogen (secondary N) is 3. The van der Waals surface area contributed by atoms with Crippen LogP contribution in [0.1, 0.15) is 33.1 Å². The molecule has 0 aliphatic carbocycles. The van der Waals surface area contributed by atoms with Crippen molar-refractivity contribution in [2.45, 2.75) is 63.4 Å². The van der Waals surface area contributed by atoms with Gasteiger partial charge in [0.1, 0.15) is 24.2 Å². The summed E-state index contributed by atoms with van der Waals surface area (Å²) in [6, 6.07) is -4.88. The number of carbonyl (C=O) groups is 4. The van der Waals surface area contributed by atoms with Gasteiger partial charge in [-0.05, 0) is 39.7 Å². The lowest BCUT2D eigenvalue weighted by atomic mass is 10.1. The Morgan fingerprint density at radius 1 is 0.929 bits per heavy atom. The molecule has 0 aromatic rings. The molecule has 3 amide bonds. The lowest BCUT2D eigenvalue weighted by Crippen LogP contribution is -2.57. The Hall–Kier alpha value is -2.28. The van der Waals surface area contributed by atoms with Crippen molar-refractivity contribution in [2.75, 3.05) is 13.2 Å². The highest BCUT2D eigenvalue weighted by molar-refractivity contribution is 5.93. The van der Waals surface area contributed by atoms with Crippen molar-refractivity contribution in [2.24, 2.45) is 11.5 Å². The Kier molecular flexibility index (Phi) is 11.9. The summed E-state index contributed by atoms with van der Waals surface area (Å²) in [4.78, 5) is 47.4. The van der Waals surface area contributed by atoms with Gasteiger partial charge in [0, 0.05) is 0 Å². The van der Waals surface area contributed by atoms with Crippen LogP contribution in [0.25, 0.3) is 0 Å². The van der Waals surface area contributed by atoms with Gasteiger partial charge in [-0.3, -0.25) is 14.4 Å². The van der Waals surface area contributed by atoms with Gasteiger partial charge in [-0.1, -0.05) is 0 Å². The third-order valence-electron chi connectivity index (χ3n) is 3.95. The van der Waals surface area contributed by atoms with E-state index >= 15 is 0 Å². The first kappa shape index (κ1) is 25.7. The average molecular weight is 405 g/mol. The first-order valence-corrected chi connectivity index (χ1v) is 8.93. The van der Waals surface area contributed by atoms with Gasteiger partial charge in [0.05, 0.1) is 12.7 Å². The SMILES string of the molecule is CC(NC(=O)C(N)C(C)O)C(=O)NC(CCCCN)C(=O)NC(CO)C(=O)O. The number of carboxylic acids is 1. The van der Waals surface area contributed by atoms with Crippen molar-refractivity contribution in [3.63, 3.8) is 0 Å². The van der Waals surface area contributed by atoms with Crippen LogP contribution in [-0.4, -0.2) is 82.4 Å². The minimum Gasteiger partial charge on any atom is -0.480 e. The molecule has 0 radical (unpaired) electrons. The lowest BCUT2D eigenvalue weighted by molar-refractivity contribution is -0.143. The molecule has 162 valence electrons. The topological polar surface area (TPSA) is 217 Å². The molecule has 0 spiro atoms. The fourth-order valence-electron chi connectivity index (χ4n) is 2.11. The van der Waals surface area contributed by atoms with Gasteiger partial charge in [-0.25, -0.2) is 4.79 Å². The second-order valence-corrected chi connectivity index (χ2v) is 6.42. The number of aliphatic carboxylic acids is 1. The van der Waals surface area contributed by atoms with E-state index in [0.29, 0.717) is 19.4 Å². The molecule has 5 unspecified atom stereocenters. The quantitative estimate of drug-likeness (QED) is 0.142. The minimum absolute atomic E-state index is 0.181. The van der Waals surface area contributed by atoms with Crippen LogP contribution in [0.3, 0.4) is 0 Å². The predicted octanol–water partition coefficient (Wildman–Crippen LogP) is -3.63. The number of hydrogen-bond acceptors (Lipinski definition) is 8. The fraction of sp³-hybridized carbons (Fsp3) is 0.750. The molecule has 0 aromatic carbocycles. The third kappa shape index (κ3) is 9.08. The Morgan fingerprint density at radius 3 is 1.96 bits per heavy atom. The van der Waals surface area contributed by atoms with E-state index in [4.69, 9.17) is 21.7 Å². The van der Waals surface area contributed by atoms with Crippen LogP contribution in [0.15, 0.2) is 0 Å². The summed E-state index contributed by atoms with van der Waals surface area (Å²) in [5.41, 5.74) is 10.9. The molecule has 0 bridgehead atoms. The molecule has 5 atom stereocenters. The minimum atomic E-state index is -1.51. The molecule has 0 fully saturated rings. The molecular formula is C16H31N5O7. The summed E-state index contributed by atoms with van der Waals surface area (Å²) in [6.45, 7) is 2.26. The zero-order chi connectivity index (χ0) is 21.9. The van der Waals surface area contributed by atoms with Gasteiger partial charge in [0.25, 0.3) is 0 Å². The van der Waals surface area contributed by atoms with Crippen molar-refractivity contribution < 1.29 is 34.5 Å². The van der Waals surface area contributed by atoms with Crippen molar-refractivity contribution in [3.05, 3.63) is 0 Å². The lowest BCUT2D eigenvalue weighted by Gasteiger charge is -2.23. The van der Waals surface area contributed by atoms with E-state index in [1.807, 2.05) is 0 Å². The normalized spacial score (nSPS) is 16.2. The third-order valence-corrected chi connectivity index (χ3v) is 3.95. The van der Waals surface area contributed by atoms with Crippen LogP contribution in [0.5, 0.6) is 0 Å². The highest BCUT2D eigenvalue weighted by Crippen LogP contribution is 2.03. The number of aliphatic hydroxyl groups is 2. The Bertz CT molecular complexity index is 543. The molecule has 0 saturated carbocycles. The highest BCUT2D eigenvalue weighted by atomic mass is 16.4. The highest BCUT2D eigenvalue weighted by Gasteiger charge is 2.28. The van der Waals surface area contributed by atoms with Crippen molar-refractivity contribution >= 4 is 23.7 Å². The number of nitrogens with two attached hydrogens (primary N) is 2. The standard InChI is InChI=1S/C16H31N5O7/c1-8(19-15(26)12(18)9(2)23)13(24)20-10(5-3-4-6-17)14(25)21-11(7-22)16(27)28/h8-12,22-23H,3-7,17-18H2,1-2H3,(H,19,26)(H,20,24)(H,21,25)(H,27,28). The van der Waals surface area contributed by atoms with Crippen molar-refractivity contribution in [1.29, 1.82) is 0 Å². The fourth-order valence-corrected chi connectivity index (χ4v) is 2.11. The maximum atomic E-state index is 12.3. The summed E-state index contributed by atoms with van der Waals surface area (Å²) in [7, 11) is 0. The molecule has 0 saturated heterocycles. The maximum absolute atomic E-state index is 12.3.